The third-order valence-corrected chi connectivity index (χ3v) is 3.93. The van der Waals surface area contributed by atoms with Crippen LogP contribution < -0.4 is 16.0 Å². The monoisotopic (exact) mass is 327 g/mol. The van der Waals surface area contributed by atoms with E-state index in [-0.39, 0.29) is 5.91 Å². The molecule has 0 aliphatic heterocycles. The van der Waals surface area contributed by atoms with Gasteiger partial charge in [0.1, 0.15) is 6.04 Å². The summed E-state index contributed by atoms with van der Waals surface area (Å²) in [6.07, 6.45) is 0. The average Bonchev–Trinajstić information content (AvgIpc) is 2.35. The molecule has 1 unspecified atom stereocenters. The lowest BCUT2D eigenvalue weighted by molar-refractivity contribution is -0.120. The molecule has 0 spiro atoms. The molecule has 1 aromatic carbocycles. The zero-order valence-electron chi connectivity index (χ0n) is 11.4. The molecule has 3 amide bonds. The molecule has 0 aliphatic rings. The number of imide groups is 1. The minimum atomic E-state index is -0.512. The third kappa shape index (κ3) is 4.24. The first-order chi connectivity index (χ1) is 8.85. The van der Waals surface area contributed by atoms with Crippen LogP contribution in [0.25, 0.3) is 0 Å². The Morgan fingerprint density at radius 1 is 1.21 bits per heavy atom. The highest BCUT2D eigenvalue weighted by Crippen LogP contribution is 2.25. The highest BCUT2D eigenvalue weighted by atomic mass is 79.9. The zero-order valence-corrected chi connectivity index (χ0v) is 13.0. The normalized spacial score (nSPS) is 11.6. The number of nitrogens with one attached hydrogen (secondary N) is 3. The van der Waals surface area contributed by atoms with Crippen molar-refractivity contribution in [2.24, 2.45) is 0 Å². The van der Waals surface area contributed by atoms with E-state index in [9.17, 15) is 9.59 Å². The number of hydrogen-bond acceptors (Lipinski definition) is 3. The topological polar surface area (TPSA) is 70.2 Å². The summed E-state index contributed by atoms with van der Waals surface area (Å²) >= 11 is 3.49. The van der Waals surface area contributed by atoms with E-state index >= 15 is 0 Å². The molecule has 3 N–H and O–H groups in total. The summed E-state index contributed by atoms with van der Waals surface area (Å²) in [5.41, 5.74) is 3.01. The number of carbonyl (C=O) groups is 2. The number of anilines is 1. The predicted molar refractivity (Wildman–Crippen MR) is 79.3 cm³/mol. The van der Waals surface area contributed by atoms with Crippen molar-refractivity contribution in [2.45, 2.75) is 26.8 Å². The van der Waals surface area contributed by atoms with Gasteiger partial charge in [-0.15, -0.1) is 0 Å². The molecule has 19 heavy (non-hydrogen) atoms. The molecule has 0 aliphatic carbocycles. The van der Waals surface area contributed by atoms with E-state index in [1.165, 1.54) is 7.05 Å². The number of aryl methyl sites for hydroxylation is 2. The molecule has 1 aromatic rings. The second-order valence-electron chi connectivity index (χ2n) is 4.36. The fourth-order valence-corrected chi connectivity index (χ4v) is 1.86. The molecule has 0 radical (unpaired) electrons. The van der Waals surface area contributed by atoms with Gasteiger partial charge in [-0.05, 0) is 44.0 Å². The van der Waals surface area contributed by atoms with E-state index < -0.39 is 12.1 Å². The van der Waals surface area contributed by atoms with Gasteiger partial charge >= 0.3 is 6.03 Å². The Balaban J connectivity index is 2.74. The van der Waals surface area contributed by atoms with Crippen molar-refractivity contribution in [3.8, 4) is 0 Å². The number of benzene rings is 1. The molecule has 0 saturated carbocycles. The fourth-order valence-electron chi connectivity index (χ4n) is 1.63. The van der Waals surface area contributed by atoms with Crippen LogP contribution in [0.3, 0.4) is 0 Å². The van der Waals surface area contributed by atoms with Crippen molar-refractivity contribution in [1.29, 1.82) is 0 Å². The Kier molecular flexibility index (Phi) is 5.35. The standard InChI is InChI=1S/C13H18BrN3O2/c1-7-5-10(6-8(2)11(7)14)16-9(3)12(18)17-13(19)15-4/h5-6,9,16H,1-4H3,(H2,15,17,18,19). The Bertz CT molecular complexity index is 480. The maximum atomic E-state index is 11.7. The van der Waals surface area contributed by atoms with Crippen LogP contribution in [0.5, 0.6) is 0 Å². The predicted octanol–water partition coefficient (Wildman–Crippen LogP) is 2.32. The van der Waals surface area contributed by atoms with E-state index in [0.717, 1.165) is 21.3 Å². The van der Waals surface area contributed by atoms with E-state index in [2.05, 4.69) is 31.9 Å². The largest absolute Gasteiger partial charge is 0.374 e. The van der Waals surface area contributed by atoms with Crippen LogP contribution in [0.1, 0.15) is 18.1 Å². The fraction of sp³-hybridized carbons (Fsp3) is 0.385. The van der Waals surface area contributed by atoms with Crippen LogP contribution in [-0.4, -0.2) is 25.0 Å². The molecule has 0 saturated heterocycles. The number of carbonyl (C=O) groups excluding carboxylic acids is 2. The van der Waals surface area contributed by atoms with Crippen molar-refractivity contribution in [3.63, 3.8) is 0 Å². The smallest absolute Gasteiger partial charge is 0.321 e. The van der Waals surface area contributed by atoms with Gasteiger partial charge in [-0.25, -0.2) is 4.79 Å². The van der Waals surface area contributed by atoms with Crippen molar-refractivity contribution in [3.05, 3.63) is 27.7 Å². The van der Waals surface area contributed by atoms with Crippen molar-refractivity contribution in [1.82, 2.24) is 10.6 Å². The molecule has 0 aromatic heterocycles. The van der Waals surface area contributed by atoms with Gasteiger partial charge in [0.25, 0.3) is 0 Å². The summed E-state index contributed by atoms with van der Waals surface area (Å²) in [5.74, 6) is -0.377. The SMILES string of the molecule is CNC(=O)NC(=O)C(C)Nc1cc(C)c(Br)c(C)c1. The van der Waals surface area contributed by atoms with Crippen molar-refractivity contribution in [2.75, 3.05) is 12.4 Å². The molecule has 1 rings (SSSR count). The van der Waals surface area contributed by atoms with Gasteiger partial charge in [-0.3, -0.25) is 10.1 Å². The lowest BCUT2D eigenvalue weighted by Crippen LogP contribution is -2.44. The van der Waals surface area contributed by atoms with Gasteiger partial charge in [-0.2, -0.15) is 0 Å². The van der Waals surface area contributed by atoms with Crippen LogP contribution in [0.2, 0.25) is 0 Å². The molecule has 0 heterocycles. The van der Waals surface area contributed by atoms with Crippen LogP contribution >= 0.6 is 15.9 Å². The highest BCUT2D eigenvalue weighted by Gasteiger charge is 2.15. The minimum absolute atomic E-state index is 0.377. The number of halogens is 1. The van der Waals surface area contributed by atoms with E-state index in [1.54, 1.807) is 6.92 Å². The zero-order chi connectivity index (χ0) is 14.6. The first-order valence-electron chi connectivity index (χ1n) is 5.91. The molecule has 1 atom stereocenters. The van der Waals surface area contributed by atoms with E-state index in [0.29, 0.717) is 0 Å². The van der Waals surface area contributed by atoms with Crippen LogP contribution in [0.4, 0.5) is 10.5 Å². The maximum absolute atomic E-state index is 11.7. The summed E-state index contributed by atoms with van der Waals surface area (Å²) in [4.78, 5) is 22.8. The van der Waals surface area contributed by atoms with Crippen LogP contribution in [-0.2, 0) is 4.79 Å². The Hall–Kier alpha value is -1.56. The van der Waals surface area contributed by atoms with Crippen molar-refractivity contribution >= 4 is 33.6 Å². The minimum Gasteiger partial charge on any atom is -0.374 e. The second kappa shape index (κ2) is 6.56. The summed E-state index contributed by atoms with van der Waals surface area (Å²) < 4.78 is 1.06. The molecule has 6 heteroatoms. The van der Waals surface area contributed by atoms with Gasteiger partial charge < -0.3 is 10.6 Å². The summed E-state index contributed by atoms with van der Waals surface area (Å²) in [5, 5.41) is 7.63. The Labute approximate surface area is 121 Å². The third-order valence-electron chi connectivity index (χ3n) is 2.68. The summed E-state index contributed by atoms with van der Waals surface area (Å²) in [6, 6.07) is 2.88. The highest BCUT2D eigenvalue weighted by molar-refractivity contribution is 9.10. The molecule has 104 valence electrons. The summed E-state index contributed by atoms with van der Waals surface area (Å²) in [7, 11) is 1.46. The van der Waals surface area contributed by atoms with Crippen LogP contribution in [0.15, 0.2) is 16.6 Å². The van der Waals surface area contributed by atoms with E-state index in [1.807, 2.05) is 26.0 Å². The average molecular weight is 328 g/mol. The number of urea groups is 1. The van der Waals surface area contributed by atoms with Gasteiger partial charge in [0.05, 0.1) is 0 Å². The van der Waals surface area contributed by atoms with Gasteiger partial charge in [-0.1, -0.05) is 15.9 Å². The molecule has 0 bridgehead atoms. The van der Waals surface area contributed by atoms with Gasteiger partial charge in [0.2, 0.25) is 5.91 Å². The molecule has 0 fully saturated rings. The van der Waals surface area contributed by atoms with Gasteiger partial charge in [0.15, 0.2) is 0 Å². The number of hydrogen-bond donors (Lipinski definition) is 3. The number of amides is 3. The number of rotatable bonds is 3. The first kappa shape index (κ1) is 15.5. The van der Waals surface area contributed by atoms with E-state index in [4.69, 9.17) is 0 Å². The Morgan fingerprint density at radius 3 is 2.21 bits per heavy atom. The van der Waals surface area contributed by atoms with Crippen molar-refractivity contribution < 1.29 is 9.59 Å². The molecule has 5 nitrogen and oxygen atoms in total. The van der Waals surface area contributed by atoms with Crippen LogP contribution in [0, 0.1) is 13.8 Å². The Morgan fingerprint density at radius 2 is 1.74 bits per heavy atom. The first-order valence-corrected chi connectivity index (χ1v) is 6.70. The maximum Gasteiger partial charge on any atom is 0.321 e. The molecular weight excluding hydrogens is 310 g/mol. The van der Waals surface area contributed by atoms with Gasteiger partial charge in [0, 0.05) is 17.2 Å². The lowest BCUT2D eigenvalue weighted by Gasteiger charge is -2.16. The quantitative estimate of drug-likeness (QED) is 0.797. The molecular formula is C13H18BrN3O2. The second-order valence-corrected chi connectivity index (χ2v) is 5.15. The summed E-state index contributed by atoms with van der Waals surface area (Å²) in [6.45, 7) is 5.67. The lowest BCUT2D eigenvalue weighted by atomic mass is 10.1.